The first-order chi connectivity index (χ1) is 13.2. The normalized spacial score (nSPS) is 18.5. The summed E-state index contributed by atoms with van der Waals surface area (Å²) >= 11 is 0. The first-order valence-corrected chi connectivity index (χ1v) is 11.1. The number of amides is 2. The summed E-state index contributed by atoms with van der Waals surface area (Å²) in [4.78, 5) is 24.7. The lowest BCUT2D eigenvalue weighted by atomic mass is 10.1. The number of carbonyl (C=O) groups excluding carboxylic acids is 2. The zero-order valence-corrected chi connectivity index (χ0v) is 17.6. The van der Waals surface area contributed by atoms with Crippen molar-refractivity contribution >= 4 is 21.8 Å². The quantitative estimate of drug-likeness (QED) is 0.661. The van der Waals surface area contributed by atoms with Gasteiger partial charge in [-0.2, -0.15) is 4.31 Å². The molecule has 1 aliphatic rings. The molecule has 0 aliphatic carbocycles. The van der Waals surface area contributed by atoms with Gasteiger partial charge in [0.2, 0.25) is 10.0 Å². The average Bonchev–Trinajstić information content (AvgIpc) is 3.14. The Labute approximate surface area is 166 Å². The van der Waals surface area contributed by atoms with E-state index >= 15 is 0 Å². The fraction of sp³-hybridized carbons (Fsp3) is 0.579. The molecule has 28 heavy (non-hydrogen) atoms. The van der Waals surface area contributed by atoms with E-state index in [2.05, 4.69) is 10.9 Å². The predicted molar refractivity (Wildman–Crippen MR) is 106 cm³/mol. The van der Waals surface area contributed by atoms with Crippen LogP contribution in [0.2, 0.25) is 0 Å². The van der Waals surface area contributed by atoms with Crippen LogP contribution in [0.4, 0.5) is 0 Å². The molecule has 2 rings (SSSR count). The molecule has 1 aromatic rings. The minimum atomic E-state index is -3.47. The van der Waals surface area contributed by atoms with Crippen LogP contribution in [-0.2, 0) is 19.6 Å². The minimum absolute atomic E-state index is 0.00383. The molecule has 8 nitrogen and oxygen atoms in total. The van der Waals surface area contributed by atoms with Gasteiger partial charge < -0.3 is 4.74 Å². The minimum Gasteiger partial charge on any atom is -0.481 e. The Morgan fingerprint density at radius 2 is 2.00 bits per heavy atom. The molecule has 0 spiro atoms. The number of nitrogens with one attached hydrogen (secondary N) is 2. The number of hydrogen-bond donors (Lipinski definition) is 2. The predicted octanol–water partition coefficient (Wildman–Crippen LogP) is 1.42. The van der Waals surface area contributed by atoms with Crippen molar-refractivity contribution in [2.24, 2.45) is 0 Å². The highest BCUT2D eigenvalue weighted by molar-refractivity contribution is 7.89. The van der Waals surface area contributed by atoms with Crippen LogP contribution in [0.15, 0.2) is 18.2 Å². The standard InChI is InChI=1S/C19H29N3O5S/c1-5-12-28(25,26)22-11-7-9-16(22)19(24)21-20-18(23)15(4)27-17-10-6-8-13(2)14(17)3/h6,8,10,15-16H,5,7,9,11-12H2,1-4H3,(H,20,23)(H,21,24). The van der Waals surface area contributed by atoms with Crippen molar-refractivity contribution < 1.29 is 22.7 Å². The number of benzene rings is 1. The largest absolute Gasteiger partial charge is 0.481 e. The van der Waals surface area contributed by atoms with Gasteiger partial charge in [0, 0.05) is 6.54 Å². The number of aryl methyl sites for hydroxylation is 1. The van der Waals surface area contributed by atoms with Gasteiger partial charge in [0.05, 0.1) is 5.75 Å². The molecule has 2 atom stereocenters. The molecule has 1 saturated heterocycles. The molecule has 2 amide bonds. The van der Waals surface area contributed by atoms with Gasteiger partial charge in [-0.25, -0.2) is 8.42 Å². The van der Waals surface area contributed by atoms with Crippen LogP contribution >= 0.6 is 0 Å². The Bertz CT molecular complexity index is 825. The number of hydrogen-bond acceptors (Lipinski definition) is 5. The molecule has 9 heteroatoms. The molecule has 1 aromatic carbocycles. The molecular formula is C19H29N3O5S. The maximum atomic E-state index is 12.4. The topological polar surface area (TPSA) is 105 Å². The van der Waals surface area contributed by atoms with Crippen LogP contribution in [0.5, 0.6) is 5.75 Å². The average molecular weight is 412 g/mol. The Morgan fingerprint density at radius 1 is 1.29 bits per heavy atom. The van der Waals surface area contributed by atoms with E-state index in [1.807, 2.05) is 26.0 Å². The van der Waals surface area contributed by atoms with Crippen molar-refractivity contribution in [3.05, 3.63) is 29.3 Å². The van der Waals surface area contributed by atoms with Gasteiger partial charge in [-0.05, 0) is 57.2 Å². The third-order valence-corrected chi connectivity index (χ3v) is 6.94. The summed E-state index contributed by atoms with van der Waals surface area (Å²) in [6, 6.07) is 4.77. The molecule has 0 aromatic heterocycles. The van der Waals surface area contributed by atoms with Gasteiger partial charge in [0.1, 0.15) is 11.8 Å². The molecule has 2 unspecified atom stereocenters. The van der Waals surface area contributed by atoms with Gasteiger partial charge in [0.25, 0.3) is 11.8 Å². The van der Waals surface area contributed by atoms with Gasteiger partial charge in [-0.1, -0.05) is 19.1 Å². The second-order valence-electron chi connectivity index (χ2n) is 7.02. The summed E-state index contributed by atoms with van der Waals surface area (Å²) in [6.07, 6.45) is 0.696. The summed E-state index contributed by atoms with van der Waals surface area (Å²) in [7, 11) is -3.47. The maximum Gasteiger partial charge on any atom is 0.279 e. The summed E-state index contributed by atoms with van der Waals surface area (Å²) in [6.45, 7) is 7.53. The number of carbonyl (C=O) groups is 2. The van der Waals surface area contributed by atoms with Gasteiger partial charge >= 0.3 is 0 Å². The third-order valence-electron chi connectivity index (χ3n) is 4.86. The Kier molecular flexibility index (Phi) is 7.42. The molecule has 1 heterocycles. The van der Waals surface area contributed by atoms with Gasteiger partial charge in [-0.15, -0.1) is 0 Å². The molecule has 0 saturated carbocycles. The first kappa shape index (κ1) is 22.2. The number of nitrogens with zero attached hydrogens (tertiary/aromatic N) is 1. The zero-order chi connectivity index (χ0) is 20.9. The van der Waals surface area contributed by atoms with E-state index in [1.54, 1.807) is 19.9 Å². The summed E-state index contributed by atoms with van der Waals surface area (Å²) in [5.74, 6) is -0.453. The lowest BCUT2D eigenvalue weighted by molar-refractivity contribution is -0.133. The van der Waals surface area contributed by atoms with E-state index in [0.29, 0.717) is 31.6 Å². The number of sulfonamides is 1. The third kappa shape index (κ3) is 5.23. The molecule has 1 fully saturated rings. The molecule has 2 N–H and O–H groups in total. The van der Waals surface area contributed by atoms with Crippen LogP contribution in [0, 0.1) is 13.8 Å². The van der Waals surface area contributed by atoms with Crippen molar-refractivity contribution in [1.82, 2.24) is 15.2 Å². The van der Waals surface area contributed by atoms with Crippen molar-refractivity contribution in [2.75, 3.05) is 12.3 Å². The molecular weight excluding hydrogens is 382 g/mol. The van der Waals surface area contributed by atoms with E-state index in [1.165, 1.54) is 4.31 Å². The number of hydrazine groups is 1. The number of ether oxygens (including phenoxy) is 1. The molecule has 0 bridgehead atoms. The zero-order valence-electron chi connectivity index (χ0n) is 16.8. The lowest BCUT2D eigenvalue weighted by Crippen LogP contribution is -2.53. The van der Waals surface area contributed by atoms with E-state index in [4.69, 9.17) is 4.74 Å². The monoisotopic (exact) mass is 411 g/mol. The van der Waals surface area contributed by atoms with Crippen molar-refractivity contribution in [3.8, 4) is 5.75 Å². The SMILES string of the molecule is CCCS(=O)(=O)N1CCCC1C(=O)NNC(=O)C(C)Oc1cccc(C)c1C. The Hall–Kier alpha value is -2.13. The fourth-order valence-corrected chi connectivity index (χ4v) is 4.86. The second-order valence-corrected chi connectivity index (χ2v) is 9.06. The first-order valence-electron chi connectivity index (χ1n) is 9.49. The summed E-state index contributed by atoms with van der Waals surface area (Å²) in [5.41, 5.74) is 6.66. The molecule has 0 radical (unpaired) electrons. The summed E-state index contributed by atoms with van der Waals surface area (Å²) in [5, 5.41) is 0. The van der Waals surface area contributed by atoms with E-state index in [9.17, 15) is 18.0 Å². The highest BCUT2D eigenvalue weighted by Gasteiger charge is 2.38. The maximum absolute atomic E-state index is 12.4. The molecule has 156 valence electrons. The lowest BCUT2D eigenvalue weighted by Gasteiger charge is -2.23. The second kappa shape index (κ2) is 9.38. The summed E-state index contributed by atoms with van der Waals surface area (Å²) < 4.78 is 31.5. The van der Waals surface area contributed by atoms with E-state index in [0.717, 1.165) is 11.1 Å². The molecule has 1 aliphatic heterocycles. The van der Waals surface area contributed by atoms with Crippen LogP contribution in [0.25, 0.3) is 0 Å². The van der Waals surface area contributed by atoms with Crippen molar-refractivity contribution in [1.29, 1.82) is 0 Å². The highest BCUT2D eigenvalue weighted by Crippen LogP contribution is 2.23. The van der Waals surface area contributed by atoms with E-state index < -0.39 is 34.0 Å². The highest BCUT2D eigenvalue weighted by atomic mass is 32.2. The smallest absolute Gasteiger partial charge is 0.279 e. The van der Waals surface area contributed by atoms with Crippen LogP contribution in [0.3, 0.4) is 0 Å². The Balaban J connectivity index is 1.92. The van der Waals surface area contributed by atoms with Crippen molar-refractivity contribution in [2.45, 2.75) is 59.1 Å². The van der Waals surface area contributed by atoms with Crippen LogP contribution < -0.4 is 15.6 Å². The van der Waals surface area contributed by atoms with Crippen LogP contribution in [-0.4, -0.2) is 49.0 Å². The van der Waals surface area contributed by atoms with Gasteiger partial charge in [-0.3, -0.25) is 20.4 Å². The van der Waals surface area contributed by atoms with E-state index in [-0.39, 0.29) is 5.75 Å². The Morgan fingerprint density at radius 3 is 2.68 bits per heavy atom. The van der Waals surface area contributed by atoms with Crippen LogP contribution in [0.1, 0.15) is 44.2 Å². The fourth-order valence-electron chi connectivity index (χ4n) is 3.11. The number of rotatable bonds is 7. The van der Waals surface area contributed by atoms with Crippen molar-refractivity contribution in [3.63, 3.8) is 0 Å². The van der Waals surface area contributed by atoms with Gasteiger partial charge in [0.15, 0.2) is 6.10 Å².